The Balaban J connectivity index is 1.30. The number of carbonyl (C=O) groups is 1. The number of benzene rings is 2. The van der Waals surface area contributed by atoms with Crippen LogP contribution in [0.15, 0.2) is 42.6 Å². The first kappa shape index (κ1) is 24.5. The summed E-state index contributed by atoms with van der Waals surface area (Å²) in [6, 6.07) is 12.5. The number of piperidine rings is 1. The van der Waals surface area contributed by atoms with Crippen molar-refractivity contribution in [2.45, 2.75) is 51.5 Å². The predicted molar refractivity (Wildman–Crippen MR) is 146 cm³/mol. The summed E-state index contributed by atoms with van der Waals surface area (Å²) in [6.45, 7) is 8.78. The van der Waals surface area contributed by atoms with Gasteiger partial charge in [0, 0.05) is 17.9 Å². The molecule has 3 N–H and O–H groups in total. The largest absolute Gasteiger partial charge is 0.365 e. The van der Waals surface area contributed by atoms with Crippen LogP contribution in [-0.4, -0.2) is 40.9 Å². The number of rotatable bonds is 6. The lowest BCUT2D eigenvalue weighted by Gasteiger charge is -2.29. The zero-order valence-corrected chi connectivity index (χ0v) is 22.0. The Morgan fingerprint density at radius 1 is 1.19 bits per heavy atom. The minimum atomic E-state index is -0.590. The maximum Gasteiger partial charge on any atom is 0.234 e. The molecule has 0 saturated carbocycles. The zero-order valence-electron chi connectivity index (χ0n) is 21.3. The molecule has 0 radical (unpaired) electrons. The summed E-state index contributed by atoms with van der Waals surface area (Å²) < 4.78 is 0. The summed E-state index contributed by atoms with van der Waals surface area (Å²) in [4.78, 5) is 23.8. The Kier molecular flexibility index (Phi) is 6.62. The smallest absolute Gasteiger partial charge is 0.234 e. The van der Waals surface area contributed by atoms with Gasteiger partial charge in [0.2, 0.25) is 11.9 Å². The summed E-state index contributed by atoms with van der Waals surface area (Å²) in [6.07, 6.45) is 4.00. The van der Waals surface area contributed by atoms with Gasteiger partial charge >= 0.3 is 0 Å². The van der Waals surface area contributed by atoms with E-state index in [1.54, 1.807) is 6.20 Å². The average Bonchev–Trinajstić information content (AvgIpc) is 3.09. The van der Waals surface area contributed by atoms with E-state index in [4.69, 9.17) is 11.6 Å². The number of amides is 1. The Bertz CT molecular complexity index is 1300. The van der Waals surface area contributed by atoms with Gasteiger partial charge in [-0.25, -0.2) is 4.98 Å². The van der Waals surface area contributed by atoms with E-state index in [9.17, 15) is 4.79 Å². The summed E-state index contributed by atoms with van der Waals surface area (Å²) >= 11 is 6.43. The predicted octanol–water partition coefficient (Wildman–Crippen LogP) is 5.83. The summed E-state index contributed by atoms with van der Waals surface area (Å²) in [5.41, 5.74) is 5.85. The number of halogens is 1. The van der Waals surface area contributed by atoms with E-state index < -0.39 is 5.41 Å². The van der Waals surface area contributed by atoms with Crippen LogP contribution in [0.25, 0.3) is 0 Å². The van der Waals surface area contributed by atoms with Crippen LogP contribution in [0.2, 0.25) is 5.02 Å². The molecule has 3 aromatic rings. The molecule has 1 amide bonds. The lowest BCUT2D eigenvalue weighted by molar-refractivity contribution is -0.119. The summed E-state index contributed by atoms with van der Waals surface area (Å²) in [7, 11) is 2.19. The van der Waals surface area contributed by atoms with E-state index in [1.807, 2.05) is 32.0 Å². The molecule has 8 heteroatoms. The molecule has 0 bridgehead atoms. The molecule has 1 aromatic heterocycles. The second kappa shape index (κ2) is 9.71. The molecule has 0 unspecified atom stereocenters. The molecule has 2 aliphatic rings. The third-order valence-corrected chi connectivity index (χ3v) is 7.75. The highest BCUT2D eigenvalue weighted by Crippen LogP contribution is 2.40. The fourth-order valence-electron chi connectivity index (χ4n) is 5.26. The average molecular weight is 505 g/mol. The number of hydrogen-bond donors (Lipinski definition) is 3. The molecule has 2 aromatic carbocycles. The normalized spacial score (nSPS) is 17.5. The highest BCUT2D eigenvalue weighted by molar-refractivity contribution is 6.32. The van der Waals surface area contributed by atoms with Gasteiger partial charge in [-0.2, -0.15) is 4.98 Å². The molecule has 7 nitrogen and oxygen atoms in total. The molecular formula is C28H33ClN6O. The number of nitrogens with one attached hydrogen (secondary N) is 3. The SMILES string of the molecule is Cc1cc(C2CCN(C)CC2)ccc1Nc1ncc(Cl)c(NCc2cccc3c2C(C)(C)C(=O)N3)n1. The summed E-state index contributed by atoms with van der Waals surface area (Å²) in [5.74, 6) is 1.65. The van der Waals surface area contributed by atoms with Gasteiger partial charge in [-0.3, -0.25) is 4.79 Å². The van der Waals surface area contributed by atoms with Gasteiger partial charge < -0.3 is 20.9 Å². The van der Waals surface area contributed by atoms with Crippen molar-refractivity contribution in [3.05, 3.63) is 69.9 Å². The van der Waals surface area contributed by atoms with Crippen molar-refractivity contribution < 1.29 is 4.79 Å². The molecule has 3 heterocycles. The van der Waals surface area contributed by atoms with Gasteiger partial charge in [-0.15, -0.1) is 0 Å². The van der Waals surface area contributed by atoms with Crippen molar-refractivity contribution >= 4 is 40.6 Å². The van der Waals surface area contributed by atoms with Crippen molar-refractivity contribution in [3.8, 4) is 0 Å². The Labute approximate surface area is 217 Å². The highest BCUT2D eigenvalue weighted by Gasteiger charge is 2.39. The third-order valence-electron chi connectivity index (χ3n) is 7.47. The third kappa shape index (κ3) is 4.77. The number of aromatic nitrogens is 2. The first-order chi connectivity index (χ1) is 17.2. The Morgan fingerprint density at radius 2 is 1.97 bits per heavy atom. The van der Waals surface area contributed by atoms with Crippen molar-refractivity contribution in [1.29, 1.82) is 0 Å². The minimum absolute atomic E-state index is 0.00807. The molecule has 0 spiro atoms. The van der Waals surface area contributed by atoms with E-state index in [-0.39, 0.29) is 5.91 Å². The maximum absolute atomic E-state index is 12.4. The van der Waals surface area contributed by atoms with Crippen LogP contribution >= 0.6 is 11.6 Å². The first-order valence-corrected chi connectivity index (χ1v) is 12.9. The topological polar surface area (TPSA) is 82.2 Å². The monoisotopic (exact) mass is 504 g/mol. The van der Waals surface area contributed by atoms with Crippen LogP contribution in [0.3, 0.4) is 0 Å². The van der Waals surface area contributed by atoms with Crippen molar-refractivity contribution in [2.24, 2.45) is 0 Å². The van der Waals surface area contributed by atoms with Crippen LogP contribution in [0.1, 0.15) is 54.9 Å². The molecule has 0 aliphatic carbocycles. The molecule has 0 atom stereocenters. The van der Waals surface area contributed by atoms with E-state index in [2.05, 4.69) is 63.0 Å². The molecular weight excluding hydrogens is 472 g/mol. The molecule has 2 aliphatic heterocycles. The van der Waals surface area contributed by atoms with Crippen LogP contribution in [0, 0.1) is 6.92 Å². The quantitative estimate of drug-likeness (QED) is 0.391. The molecule has 1 saturated heterocycles. The fourth-order valence-corrected chi connectivity index (χ4v) is 5.41. The maximum atomic E-state index is 12.4. The van der Waals surface area contributed by atoms with Crippen molar-refractivity contribution in [1.82, 2.24) is 14.9 Å². The lowest BCUT2D eigenvalue weighted by Crippen LogP contribution is -2.29. The zero-order chi connectivity index (χ0) is 25.4. The molecule has 36 heavy (non-hydrogen) atoms. The van der Waals surface area contributed by atoms with Crippen molar-refractivity contribution in [3.63, 3.8) is 0 Å². The van der Waals surface area contributed by atoms with Gasteiger partial charge in [0.15, 0.2) is 5.82 Å². The second-order valence-electron chi connectivity index (χ2n) is 10.4. The molecule has 1 fully saturated rings. The number of likely N-dealkylation sites (tertiary alicyclic amines) is 1. The van der Waals surface area contributed by atoms with Crippen LogP contribution in [-0.2, 0) is 16.8 Å². The van der Waals surface area contributed by atoms with Gasteiger partial charge in [0.05, 0.1) is 11.6 Å². The number of fused-ring (bicyclic) bond motifs is 1. The number of nitrogens with zero attached hydrogens (tertiary/aromatic N) is 3. The molecule has 188 valence electrons. The first-order valence-electron chi connectivity index (χ1n) is 12.5. The van der Waals surface area contributed by atoms with E-state index in [1.165, 1.54) is 24.0 Å². The van der Waals surface area contributed by atoms with E-state index >= 15 is 0 Å². The standard InChI is InChI=1S/C28H33ClN6O/c1-17-14-19(18-10-12-35(4)13-11-18)8-9-22(17)33-27-31-16-21(29)25(34-27)30-15-20-6-5-7-23-24(20)28(2,3)26(36)32-23/h5-9,14,16,18H,10-13,15H2,1-4H3,(H,32,36)(H2,30,31,33,34). The highest BCUT2D eigenvalue weighted by atomic mass is 35.5. The summed E-state index contributed by atoms with van der Waals surface area (Å²) in [5, 5.41) is 10.1. The minimum Gasteiger partial charge on any atom is -0.365 e. The number of hydrogen-bond acceptors (Lipinski definition) is 6. The number of aryl methyl sites for hydroxylation is 1. The van der Waals surface area contributed by atoms with Gasteiger partial charge in [-0.05, 0) is 94.1 Å². The number of carbonyl (C=O) groups excluding carboxylic acids is 1. The van der Waals surface area contributed by atoms with Gasteiger partial charge in [0.25, 0.3) is 0 Å². The Hall–Kier alpha value is -3.16. The van der Waals surface area contributed by atoms with Crippen LogP contribution in [0.5, 0.6) is 0 Å². The van der Waals surface area contributed by atoms with Crippen LogP contribution < -0.4 is 16.0 Å². The van der Waals surface area contributed by atoms with Crippen LogP contribution in [0.4, 0.5) is 23.1 Å². The molecule has 5 rings (SSSR count). The van der Waals surface area contributed by atoms with Crippen molar-refractivity contribution in [2.75, 3.05) is 36.1 Å². The van der Waals surface area contributed by atoms with E-state index in [0.717, 1.165) is 35.6 Å². The lowest BCUT2D eigenvalue weighted by atomic mass is 9.83. The fraction of sp³-hybridized carbons (Fsp3) is 0.393. The second-order valence-corrected chi connectivity index (χ2v) is 10.8. The van der Waals surface area contributed by atoms with E-state index in [0.29, 0.717) is 29.3 Å². The number of anilines is 4. The van der Waals surface area contributed by atoms with Gasteiger partial charge in [0.1, 0.15) is 5.02 Å². The Morgan fingerprint density at radius 3 is 2.72 bits per heavy atom. The van der Waals surface area contributed by atoms with Gasteiger partial charge in [-0.1, -0.05) is 35.9 Å².